The minimum Gasteiger partial charge on any atom is -0.487 e. The molecule has 1 saturated heterocycles. The number of nitrogens with zero attached hydrogens (tertiary/aromatic N) is 3. The highest BCUT2D eigenvalue weighted by Crippen LogP contribution is 2.46. The van der Waals surface area contributed by atoms with Gasteiger partial charge in [-0.05, 0) is 47.1 Å². The summed E-state index contributed by atoms with van der Waals surface area (Å²) in [5, 5.41) is 0. The summed E-state index contributed by atoms with van der Waals surface area (Å²) in [6, 6.07) is 8.64. The molecule has 1 fully saturated rings. The first kappa shape index (κ1) is 36.6. The Kier molecular flexibility index (Phi) is 10.1. The van der Waals surface area contributed by atoms with Crippen LogP contribution in [-0.4, -0.2) is 74.5 Å². The van der Waals surface area contributed by atoms with Crippen molar-refractivity contribution in [1.82, 2.24) is 9.62 Å². The van der Waals surface area contributed by atoms with Crippen LogP contribution < -0.4 is 18.7 Å². The smallest absolute Gasteiger partial charge is 0.415 e. The first-order chi connectivity index (χ1) is 22.0. The standard InChI is InChI=1S/C31H38F4N4O8S/c1-29(2,3)46-27(41)37(13-12-31(33,34)35)16-20-14-21-22(39(20)28(42)47-30(4,5)6)15-23(45-18-19-10-8-7-9-11-19)26(25(21)32)38-17-24(40)36-48(38,43)44/h7-11,15,20H,12-14,16-18H2,1-6H3,(H,36,40)/t20-/m1/s1. The Morgan fingerprint density at radius 1 is 1.02 bits per heavy atom. The lowest BCUT2D eigenvalue weighted by molar-refractivity contribution is -0.137. The van der Waals surface area contributed by atoms with Gasteiger partial charge in [-0.15, -0.1) is 0 Å². The molecule has 1 atom stereocenters. The van der Waals surface area contributed by atoms with Gasteiger partial charge in [0.25, 0.3) is 5.91 Å². The van der Waals surface area contributed by atoms with Crippen LogP contribution in [-0.2, 0) is 37.5 Å². The summed E-state index contributed by atoms with van der Waals surface area (Å²) in [6.45, 7) is 7.04. The number of halogens is 4. The van der Waals surface area contributed by atoms with Gasteiger partial charge in [0.05, 0.1) is 18.2 Å². The highest BCUT2D eigenvalue weighted by atomic mass is 32.2. The second-order valence-electron chi connectivity index (χ2n) is 13.3. The van der Waals surface area contributed by atoms with Crippen LogP contribution in [0.4, 0.5) is 38.5 Å². The van der Waals surface area contributed by atoms with E-state index in [0.29, 0.717) is 9.87 Å². The molecule has 17 heteroatoms. The summed E-state index contributed by atoms with van der Waals surface area (Å²) < 4.78 is 101. The molecule has 4 rings (SSSR count). The van der Waals surface area contributed by atoms with E-state index in [1.807, 2.05) is 0 Å². The van der Waals surface area contributed by atoms with Gasteiger partial charge in [-0.3, -0.25) is 9.69 Å². The molecule has 0 spiro atoms. The molecule has 0 aromatic heterocycles. The Morgan fingerprint density at radius 3 is 2.19 bits per heavy atom. The highest BCUT2D eigenvalue weighted by Gasteiger charge is 2.45. The van der Waals surface area contributed by atoms with Gasteiger partial charge >= 0.3 is 28.6 Å². The topological polar surface area (TPSA) is 135 Å². The zero-order chi connectivity index (χ0) is 35.8. The first-order valence-corrected chi connectivity index (χ1v) is 16.4. The van der Waals surface area contributed by atoms with Crippen molar-refractivity contribution in [2.24, 2.45) is 0 Å². The maximum absolute atomic E-state index is 16.7. The first-order valence-electron chi connectivity index (χ1n) is 15.0. The van der Waals surface area contributed by atoms with Crippen LogP contribution in [0.1, 0.15) is 59.1 Å². The summed E-state index contributed by atoms with van der Waals surface area (Å²) in [4.78, 5) is 40.7. The Balaban J connectivity index is 1.83. The normalized spacial score (nSPS) is 17.5. The number of fused-ring (bicyclic) bond motifs is 1. The molecule has 12 nitrogen and oxygen atoms in total. The van der Waals surface area contributed by atoms with Crippen LogP contribution in [0.25, 0.3) is 0 Å². The van der Waals surface area contributed by atoms with Crippen molar-refractivity contribution in [3.05, 3.63) is 53.3 Å². The molecule has 0 unspecified atom stereocenters. The summed E-state index contributed by atoms with van der Waals surface area (Å²) in [5.41, 5.74) is -2.43. The monoisotopic (exact) mass is 702 g/mol. The van der Waals surface area contributed by atoms with Crippen molar-refractivity contribution >= 4 is 39.7 Å². The van der Waals surface area contributed by atoms with Crippen molar-refractivity contribution in [3.8, 4) is 5.75 Å². The summed E-state index contributed by atoms with van der Waals surface area (Å²) >= 11 is 0. The number of carbonyl (C=O) groups is 3. The van der Waals surface area contributed by atoms with Gasteiger partial charge < -0.3 is 19.1 Å². The lowest BCUT2D eigenvalue weighted by atomic mass is 10.1. The number of nitrogens with one attached hydrogen (secondary N) is 1. The minimum atomic E-state index is -4.64. The number of hydrogen-bond acceptors (Lipinski definition) is 8. The van der Waals surface area contributed by atoms with Crippen molar-refractivity contribution in [2.75, 3.05) is 28.8 Å². The molecular weight excluding hydrogens is 664 g/mol. The van der Waals surface area contributed by atoms with Crippen molar-refractivity contribution < 1.29 is 54.6 Å². The quantitative estimate of drug-likeness (QED) is 0.360. The second-order valence-corrected chi connectivity index (χ2v) is 14.9. The van der Waals surface area contributed by atoms with E-state index in [9.17, 15) is 36.0 Å². The number of anilines is 2. The van der Waals surface area contributed by atoms with E-state index in [-0.39, 0.29) is 30.0 Å². The van der Waals surface area contributed by atoms with Crippen LogP contribution in [0.5, 0.6) is 5.75 Å². The molecule has 2 aliphatic heterocycles. The number of rotatable bonds is 8. The Labute approximate surface area is 276 Å². The summed E-state index contributed by atoms with van der Waals surface area (Å²) in [5.74, 6) is -2.41. The predicted molar refractivity (Wildman–Crippen MR) is 166 cm³/mol. The Morgan fingerprint density at radius 2 is 1.65 bits per heavy atom. The van der Waals surface area contributed by atoms with Crippen LogP contribution in [0.2, 0.25) is 0 Å². The third-order valence-electron chi connectivity index (χ3n) is 6.99. The van der Waals surface area contributed by atoms with Gasteiger partial charge in [0, 0.05) is 31.1 Å². The van der Waals surface area contributed by atoms with Gasteiger partial charge in [-0.25, -0.2) is 23.0 Å². The maximum Gasteiger partial charge on any atom is 0.415 e. The second kappa shape index (κ2) is 13.3. The van der Waals surface area contributed by atoms with Gasteiger partial charge in [-0.1, -0.05) is 30.3 Å². The fraction of sp³-hybridized carbons (Fsp3) is 0.516. The Hall–Kier alpha value is -4.28. The average Bonchev–Trinajstić information content (AvgIpc) is 3.42. The zero-order valence-corrected chi connectivity index (χ0v) is 28.1. The molecule has 48 heavy (non-hydrogen) atoms. The molecule has 0 bridgehead atoms. The molecule has 0 radical (unpaired) electrons. The molecule has 1 N–H and O–H groups in total. The van der Waals surface area contributed by atoms with Gasteiger partial charge in [0.1, 0.15) is 35.8 Å². The number of carbonyl (C=O) groups excluding carboxylic acids is 3. The van der Waals surface area contributed by atoms with Crippen molar-refractivity contribution in [1.29, 1.82) is 0 Å². The minimum absolute atomic E-state index is 0.116. The van der Waals surface area contributed by atoms with E-state index >= 15 is 4.39 Å². The fourth-order valence-electron chi connectivity index (χ4n) is 5.10. The summed E-state index contributed by atoms with van der Waals surface area (Å²) in [7, 11) is -4.54. The molecule has 0 saturated carbocycles. The predicted octanol–water partition coefficient (Wildman–Crippen LogP) is 5.44. The number of ether oxygens (including phenoxy) is 3. The molecular formula is C31H38F4N4O8S. The van der Waals surface area contributed by atoms with Gasteiger partial charge in [-0.2, -0.15) is 21.6 Å². The van der Waals surface area contributed by atoms with Gasteiger partial charge in [0.15, 0.2) is 5.82 Å². The third-order valence-corrected chi connectivity index (χ3v) is 8.37. The van der Waals surface area contributed by atoms with Gasteiger partial charge in [0.2, 0.25) is 0 Å². The number of alkyl halides is 3. The lowest BCUT2D eigenvalue weighted by Crippen LogP contribution is -2.50. The molecule has 2 aliphatic rings. The highest BCUT2D eigenvalue weighted by molar-refractivity contribution is 7.92. The van der Waals surface area contributed by atoms with Crippen LogP contribution in [0.15, 0.2) is 36.4 Å². The van der Waals surface area contributed by atoms with Crippen molar-refractivity contribution in [3.63, 3.8) is 0 Å². The van der Waals surface area contributed by atoms with Crippen LogP contribution in [0.3, 0.4) is 0 Å². The zero-order valence-electron chi connectivity index (χ0n) is 27.3. The molecule has 264 valence electrons. The number of hydrogen-bond donors (Lipinski definition) is 1. The number of amides is 3. The third kappa shape index (κ3) is 8.99. The van der Waals surface area contributed by atoms with E-state index in [4.69, 9.17) is 14.2 Å². The molecule has 2 heterocycles. The largest absolute Gasteiger partial charge is 0.487 e. The molecule has 2 aromatic rings. The van der Waals surface area contributed by atoms with E-state index in [1.54, 1.807) is 55.8 Å². The number of benzene rings is 2. The van der Waals surface area contributed by atoms with E-state index < -0.39 is 89.3 Å². The fourth-order valence-corrected chi connectivity index (χ4v) is 6.26. The van der Waals surface area contributed by atoms with E-state index in [2.05, 4.69) is 0 Å². The van der Waals surface area contributed by atoms with Crippen LogP contribution in [0, 0.1) is 5.82 Å². The Bertz CT molecular complexity index is 1660. The van der Waals surface area contributed by atoms with E-state index in [1.165, 1.54) is 26.8 Å². The maximum atomic E-state index is 16.7. The molecule has 3 amide bonds. The SMILES string of the molecule is CC(C)(C)OC(=O)N(CCC(F)(F)F)C[C@H]1Cc2c(cc(OCc3ccccc3)c(N3CC(=O)NS3(=O)=O)c2F)N1C(=O)OC(C)(C)C. The van der Waals surface area contributed by atoms with Crippen molar-refractivity contribution in [2.45, 2.75) is 84.4 Å². The lowest BCUT2D eigenvalue weighted by Gasteiger charge is -2.33. The van der Waals surface area contributed by atoms with E-state index in [0.717, 1.165) is 9.80 Å². The van der Waals surface area contributed by atoms with Crippen LogP contribution >= 0.6 is 0 Å². The average molecular weight is 703 g/mol. The summed E-state index contributed by atoms with van der Waals surface area (Å²) in [6.07, 6.45) is -8.48. The molecule has 2 aromatic carbocycles. The molecule has 0 aliphatic carbocycles.